The monoisotopic (exact) mass is 412 g/mol. The summed E-state index contributed by atoms with van der Waals surface area (Å²) < 4.78 is 61.9. The van der Waals surface area contributed by atoms with Gasteiger partial charge in [0.2, 0.25) is 10.0 Å². The van der Waals surface area contributed by atoms with Gasteiger partial charge in [-0.15, -0.1) is 0 Å². The minimum absolute atomic E-state index is 0.114. The highest BCUT2D eigenvalue weighted by Crippen LogP contribution is 2.31. The highest BCUT2D eigenvalue weighted by molar-refractivity contribution is 7.92. The van der Waals surface area contributed by atoms with Crippen molar-refractivity contribution in [1.29, 1.82) is 0 Å². The van der Waals surface area contributed by atoms with Crippen LogP contribution in [0.5, 0.6) is 0 Å². The molecular weight excluding hydrogens is 395 g/mol. The van der Waals surface area contributed by atoms with Crippen LogP contribution in [-0.2, 0) is 26.3 Å². The summed E-state index contributed by atoms with van der Waals surface area (Å²) in [5.74, 6) is -1.39. The summed E-state index contributed by atoms with van der Waals surface area (Å²) in [5.41, 5.74) is 1.17. The molecule has 0 saturated heterocycles. The van der Waals surface area contributed by atoms with Crippen LogP contribution in [-0.4, -0.2) is 41.8 Å². The Bertz CT molecular complexity index is 1140. The van der Waals surface area contributed by atoms with Crippen LogP contribution in [0.2, 0.25) is 0 Å². The number of nitrogens with one attached hydrogen (secondary N) is 1. The first kappa shape index (κ1) is 19.3. The van der Waals surface area contributed by atoms with Crippen LogP contribution in [0.25, 0.3) is 0 Å². The van der Waals surface area contributed by atoms with Gasteiger partial charge < -0.3 is 5.32 Å². The second kappa shape index (κ2) is 6.61. The van der Waals surface area contributed by atoms with E-state index in [4.69, 9.17) is 0 Å². The van der Waals surface area contributed by atoms with E-state index in [0.29, 0.717) is 24.2 Å². The lowest BCUT2D eigenvalue weighted by Gasteiger charge is -2.16. The second-order valence-electron chi connectivity index (χ2n) is 6.30. The van der Waals surface area contributed by atoms with Crippen LogP contribution in [0, 0.1) is 5.82 Å². The number of hydrogen-bond acceptors (Lipinski definition) is 5. The maximum absolute atomic E-state index is 14.0. The number of nitrogens with zero attached hydrogens (tertiary/aromatic N) is 1. The SMILES string of the molecule is CS(=O)(=O)c1ccc(F)c(NC(=O)c2ccc3c(c2)CCN3S(C)(=O)=O)c1. The van der Waals surface area contributed by atoms with Gasteiger partial charge >= 0.3 is 0 Å². The Labute approximate surface area is 156 Å². The van der Waals surface area contributed by atoms with Crippen LogP contribution < -0.4 is 9.62 Å². The summed E-state index contributed by atoms with van der Waals surface area (Å²) in [6.07, 6.45) is 2.56. The van der Waals surface area contributed by atoms with Gasteiger partial charge in [-0.1, -0.05) is 0 Å². The zero-order valence-corrected chi connectivity index (χ0v) is 16.2. The van der Waals surface area contributed by atoms with E-state index in [1.54, 1.807) is 6.07 Å². The molecule has 2 aromatic rings. The molecule has 1 aliphatic rings. The van der Waals surface area contributed by atoms with Crippen molar-refractivity contribution in [1.82, 2.24) is 0 Å². The van der Waals surface area contributed by atoms with Gasteiger partial charge in [0.1, 0.15) is 5.82 Å². The fourth-order valence-corrected chi connectivity index (χ4v) is 4.49. The number of carbonyl (C=O) groups is 1. The molecule has 0 spiro atoms. The average Bonchev–Trinajstić information content (AvgIpc) is 2.99. The highest BCUT2D eigenvalue weighted by Gasteiger charge is 2.27. The molecule has 0 aromatic heterocycles. The Morgan fingerprint density at radius 3 is 2.41 bits per heavy atom. The molecule has 2 aromatic carbocycles. The molecule has 1 aliphatic heterocycles. The number of hydrogen-bond donors (Lipinski definition) is 1. The molecular formula is C17H17FN2O5S2. The Morgan fingerprint density at radius 2 is 1.78 bits per heavy atom. The average molecular weight is 412 g/mol. The van der Waals surface area contributed by atoms with E-state index in [2.05, 4.69) is 5.32 Å². The fraction of sp³-hybridized carbons (Fsp3) is 0.235. The van der Waals surface area contributed by atoms with E-state index < -0.39 is 31.6 Å². The van der Waals surface area contributed by atoms with Crippen molar-refractivity contribution in [2.75, 3.05) is 28.7 Å². The Hall–Kier alpha value is -2.46. The third-order valence-electron chi connectivity index (χ3n) is 4.21. The van der Waals surface area contributed by atoms with Crippen molar-refractivity contribution in [3.8, 4) is 0 Å². The quantitative estimate of drug-likeness (QED) is 0.772. The van der Waals surface area contributed by atoms with E-state index in [1.165, 1.54) is 16.4 Å². The zero-order valence-electron chi connectivity index (χ0n) is 14.6. The molecule has 0 radical (unpaired) electrons. The van der Waals surface area contributed by atoms with E-state index in [1.807, 2.05) is 0 Å². The lowest BCUT2D eigenvalue weighted by molar-refractivity contribution is 0.102. The van der Waals surface area contributed by atoms with Gasteiger partial charge in [-0.3, -0.25) is 9.10 Å². The number of amides is 1. The van der Waals surface area contributed by atoms with Crippen LogP contribution >= 0.6 is 0 Å². The maximum Gasteiger partial charge on any atom is 0.255 e. The van der Waals surface area contributed by atoms with E-state index in [9.17, 15) is 26.0 Å². The van der Waals surface area contributed by atoms with Gasteiger partial charge in [0, 0.05) is 18.4 Å². The normalized spacial score (nSPS) is 14.1. The molecule has 144 valence electrons. The highest BCUT2D eigenvalue weighted by atomic mass is 32.2. The van der Waals surface area contributed by atoms with Gasteiger partial charge in [-0.2, -0.15) is 0 Å². The minimum Gasteiger partial charge on any atom is -0.319 e. The first-order valence-electron chi connectivity index (χ1n) is 7.88. The molecule has 1 N–H and O–H groups in total. The first-order chi connectivity index (χ1) is 12.5. The topological polar surface area (TPSA) is 101 Å². The van der Waals surface area contributed by atoms with Crippen molar-refractivity contribution >= 4 is 37.1 Å². The number of sulfone groups is 1. The standard InChI is InChI=1S/C17H17FN2O5S2/c1-26(22,23)13-4-5-14(18)15(10-13)19-17(21)12-3-6-16-11(9-12)7-8-20(16)27(2,24)25/h3-6,9-10H,7-8H2,1-2H3,(H,19,21). The third-order valence-corrected chi connectivity index (χ3v) is 6.50. The van der Waals surface area contributed by atoms with Gasteiger partial charge in [0.15, 0.2) is 9.84 Å². The van der Waals surface area contributed by atoms with Gasteiger partial charge in [-0.25, -0.2) is 21.2 Å². The molecule has 0 unspecified atom stereocenters. The van der Waals surface area contributed by atoms with Crippen LogP contribution in [0.15, 0.2) is 41.3 Å². The molecule has 1 heterocycles. The Balaban J connectivity index is 1.89. The van der Waals surface area contributed by atoms with Crippen molar-refractivity contribution in [3.63, 3.8) is 0 Å². The Kier molecular flexibility index (Phi) is 4.73. The lowest BCUT2D eigenvalue weighted by atomic mass is 10.1. The van der Waals surface area contributed by atoms with Crippen LogP contribution in [0.1, 0.15) is 15.9 Å². The summed E-state index contributed by atoms with van der Waals surface area (Å²) in [7, 11) is -6.95. The molecule has 27 heavy (non-hydrogen) atoms. The lowest BCUT2D eigenvalue weighted by Crippen LogP contribution is -2.27. The van der Waals surface area contributed by atoms with Crippen molar-refractivity contribution in [3.05, 3.63) is 53.3 Å². The minimum atomic E-state index is -3.55. The van der Waals surface area contributed by atoms with Crippen molar-refractivity contribution < 1.29 is 26.0 Å². The number of anilines is 2. The molecule has 0 saturated carbocycles. The number of sulfonamides is 1. The summed E-state index contributed by atoms with van der Waals surface area (Å²) in [6.45, 7) is 0.296. The summed E-state index contributed by atoms with van der Waals surface area (Å²) in [5, 5.41) is 2.36. The van der Waals surface area contributed by atoms with Gasteiger partial charge in [0.05, 0.1) is 22.5 Å². The molecule has 7 nitrogen and oxygen atoms in total. The van der Waals surface area contributed by atoms with Crippen LogP contribution in [0.4, 0.5) is 15.8 Å². The maximum atomic E-state index is 14.0. The number of halogens is 1. The predicted octanol–water partition coefficient (Wildman–Crippen LogP) is 1.80. The van der Waals surface area contributed by atoms with Crippen molar-refractivity contribution in [2.24, 2.45) is 0 Å². The smallest absolute Gasteiger partial charge is 0.255 e. The summed E-state index contributed by atoms with van der Waals surface area (Å²) in [6, 6.07) is 7.67. The second-order valence-corrected chi connectivity index (χ2v) is 10.2. The summed E-state index contributed by atoms with van der Waals surface area (Å²) in [4.78, 5) is 12.3. The fourth-order valence-electron chi connectivity index (χ4n) is 2.88. The third kappa shape index (κ3) is 3.96. The van der Waals surface area contributed by atoms with Crippen molar-refractivity contribution in [2.45, 2.75) is 11.3 Å². The number of carbonyl (C=O) groups excluding carboxylic acids is 1. The number of benzene rings is 2. The molecule has 0 aliphatic carbocycles. The largest absolute Gasteiger partial charge is 0.319 e. The first-order valence-corrected chi connectivity index (χ1v) is 11.6. The summed E-state index contributed by atoms with van der Waals surface area (Å²) >= 11 is 0. The molecule has 0 bridgehead atoms. The van der Waals surface area contributed by atoms with E-state index in [0.717, 1.165) is 30.7 Å². The van der Waals surface area contributed by atoms with E-state index in [-0.39, 0.29) is 16.1 Å². The van der Waals surface area contributed by atoms with Gasteiger partial charge in [0.25, 0.3) is 5.91 Å². The molecule has 1 amide bonds. The number of rotatable bonds is 4. The molecule has 10 heteroatoms. The zero-order chi connectivity index (χ0) is 20.0. The molecule has 0 atom stereocenters. The number of fused-ring (bicyclic) bond motifs is 1. The van der Waals surface area contributed by atoms with Crippen LogP contribution in [0.3, 0.4) is 0 Å². The van der Waals surface area contributed by atoms with Gasteiger partial charge in [-0.05, 0) is 48.4 Å². The Morgan fingerprint density at radius 1 is 1.07 bits per heavy atom. The predicted molar refractivity (Wildman–Crippen MR) is 99.8 cm³/mol. The molecule has 0 fully saturated rings. The molecule has 3 rings (SSSR count). The van der Waals surface area contributed by atoms with E-state index >= 15 is 0 Å².